The fourth-order valence-corrected chi connectivity index (χ4v) is 2.50. The predicted octanol–water partition coefficient (Wildman–Crippen LogP) is 2.47. The zero-order valence-corrected chi connectivity index (χ0v) is 11.8. The monoisotopic (exact) mass is 254 g/mol. The molecule has 102 valence electrons. The molecule has 0 saturated heterocycles. The molecule has 1 aliphatic rings. The van der Waals surface area contributed by atoms with Crippen LogP contribution in [0.25, 0.3) is 0 Å². The average Bonchev–Trinajstić information content (AvgIpc) is 2.21. The van der Waals surface area contributed by atoms with Gasteiger partial charge in [0.2, 0.25) is 0 Å². The van der Waals surface area contributed by atoms with Gasteiger partial charge in [-0.1, -0.05) is 25.5 Å². The van der Waals surface area contributed by atoms with Crippen LogP contribution >= 0.6 is 0 Å². The van der Waals surface area contributed by atoms with Crippen molar-refractivity contribution in [2.24, 2.45) is 11.3 Å². The molecule has 0 spiro atoms. The van der Waals surface area contributed by atoms with Crippen LogP contribution in [0.3, 0.4) is 0 Å². The van der Waals surface area contributed by atoms with Gasteiger partial charge in [0, 0.05) is 31.6 Å². The van der Waals surface area contributed by atoms with Gasteiger partial charge in [-0.15, -0.1) is 0 Å². The molecule has 1 aliphatic carbocycles. The zero-order chi connectivity index (χ0) is 13.9. The van der Waals surface area contributed by atoms with Gasteiger partial charge in [-0.05, 0) is 6.92 Å². The van der Waals surface area contributed by atoms with E-state index in [1.807, 2.05) is 20.8 Å². The number of ether oxygens (including phenoxy) is 2. The molecular weight excluding hydrogens is 232 g/mol. The van der Waals surface area contributed by atoms with Crippen molar-refractivity contribution in [3.8, 4) is 0 Å². The minimum Gasteiger partial charge on any atom is -0.465 e. The van der Waals surface area contributed by atoms with E-state index in [0.717, 1.165) is 6.42 Å². The van der Waals surface area contributed by atoms with Crippen molar-refractivity contribution in [1.29, 1.82) is 0 Å². The summed E-state index contributed by atoms with van der Waals surface area (Å²) >= 11 is 0. The normalized spacial score (nSPS) is 26.2. The molecule has 0 radical (unpaired) electrons. The zero-order valence-electron chi connectivity index (χ0n) is 11.8. The highest BCUT2D eigenvalue weighted by Gasteiger charge is 2.42. The first kappa shape index (κ1) is 14.7. The molecule has 0 aliphatic heterocycles. The molecule has 4 nitrogen and oxygen atoms in total. The predicted molar refractivity (Wildman–Crippen MR) is 67.8 cm³/mol. The average molecular weight is 254 g/mol. The topological polar surface area (TPSA) is 52.6 Å². The third-order valence-corrected chi connectivity index (χ3v) is 3.69. The van der Waals surface area contributed by atoms with Gasteiger partial charge in [0.25, 0.3) is 0 Å². The summed E-state index contributed by atoms with van der Waals surface area (Å²) in [6.07, 6.45) is 2.61. The number of hydrogen-bond acceptors (Lipinski definition) is 4. The Balaban J connectivity index is 2.85. The van der Waals surface area contributed by atoms with E-state index < -0.39 is 0 Å². The highest BCUT2D eigenvalue weighted by molar-refractivity contribution is 5.66. The van der Waals surface area contributed by atoms with Crippen LogP contribution in [0.2, 0.25) is 0 Å². The highest BCUT2D eigenvalue weighted by Crippen LogP contribution is 2.42. The SMILES string of the molecule is CC(=O)OC[C@H]1C(C)=CC[C@@H](OC(C)=O)C1(C)C. The fraction of sp³-hybridized carbons (Fsp3) is 0.714. The van der Waals surface area contributed by atoms with Gasteiger partial charge in [-0.3, -0.25) is 9.59 Å². The van der Waals surface area contributed by atoms with Gasteiger partial charge in [0.15, 0.2) is 0 Å². The minimum absolute atomic E-state index is 0.0829. The summed E-state index contributed by atoms with van der Waals surface area (Å²) in [6, 6.07) is 0. The van der Waals surface area contributed by atoms with Gasteiger partial charge in [-0.25, -0.2) is 0 Å². The smallest absolute Gasteiger partial charge is 0.302 e. The third-order valence-electron chi connectivity index (χ3n) is 3.69. The standard InChI is InChI=1S/C14H22O4/c1-9-6-7-13(18-11(3)16)14(4,5)12(9)8-17-10(2)15/h6,12-13H,7-8H2,1-5H3/t12-,13+/m0/s1. The van der Waals surface area contributed by atoms with Gasteiger partial charge >= 0.3 is 11.9 Å². The lowest BCUT2D eigenvalue weighted by molar-refractivity contribution is -0.158. The Morgan fingerprint density at radius 1 is 1.33 bits per heavy atom. The molecule has 0 aromatic rings. The van der Waals surface area contributed by atoms with E-state index in [9.17, 15) is 9.59 Å². The molecule has 0 saturated carbocycles. The van der Waals surface area contributed by atoms with Crippen molar-refractivity contribution >= 4 is 11.9 Å². The van der Waals surface area contributed by atoms with Crippen LogP contribution in [0.1, 0.15) is 41.0 Å². The maximum Gasteiger partial charge on any atom is 0.302 e. The van der Waals surface area contributed by atoms with Crippen molar-refractivity contribution in [3.63, 3.8) is 0 Å². The lowest BCUT2D eigenvalue weighted by atomic mass is 9.67. The van der Waals surface area contributed by atoms with E-state index in [1.165, 1.54) is 19.4 Å². The summed E-state index contributed by atoms with van der Waals surface area (Å²) in [5.41, 5.74) is 0.949. The molecule has 0 bridgehead atoms. The fourth-order valence-electron chi connectivity index (χ4n) is 2.50. The van der Waals surface area contributed by atoms with E-state index in [0.29, 0.717) is 6.61 Å². The summed E-state index contributed by atoms with van der Waals surface area (Å²) in [5, 5.41) is 0. The van der Waals surface area contributed by atoms with Gasteiger partial charge in [-0.2, -0.15) is 0 Å². The van der Waals surface area contributed by atoms with Crippen molar-refractivity contribution in [1.82, 2.24) is 0 Å². The largest absolute Gasteiger partial charge is 0.465 e. The van der Waals surface area contributed by atoms with Crippen molar-refractivity contribution in [2.45, 2.75) is 47.1 Å². The number of carbonyl (C=O) groups is 2. The van der Waals surface area contributed by atoms with Crippen molar-refractivity contribution in [2.75, 3.05) is 6.61 Å². The van der Waals surface area contributed by atoms with Crippen LogP contribution in [0.5, 0.6) is 0 Å². The molecule has 18 heavy (non-hydrogen) atoms. The summed E-state index contributed by atoms with van der Waals surface area (Å²) in [5.74, 6) is -0.472. The lowest BCUT2D eigenvalue weighted by Gasteiger charge is -2.43. The quantitative estimate of drug-likeness (QED) is 0.573. The third kappa shape index (κ3) is 3.34. The van der Waals surface area contributed by atoms with Crippen LogP contribution in [0, 0.1) is 11.3 Å². The first-order valence-electron chi connectivity index (χ1n) is 6.22. The van der Waals surface area contributed by atoms with Crippen molar-refractivity contribution < 1.29 is 19.1 Å². The molecule has 1 rings (SSSR count). The Hall–Kier alpha value is -1.32. The molecule has 0 amide bonds. The Morgan fingerprint density at radius 2 is 1.94 bits per heavy atom. The highest BCUT2D eigenvalue weighted by atomic mass is 16.5. The Kier molecular flexibility index (Phi) is 4.54. The number of hydrogen-bond donors (Lipinski definition) is 0. The van der Waals surface area contributed by atoms with Crippen molar-refractivity contribution in [3.05, 3.63) is 11.6 Å². The summed E-state index contributed by atoms with van der Waals surface area (Å²) in [7, 11) is 0. The number of rotatable bonds is 3. The van der Waals surface area contributed by atoms with E-state index in [2.05, 4.69) is 6.08 Å². The minimum atomic E-state index is -0.284. The van der Waals surface area contributed by atoms with E-state index >= 15 is 0 Å². The second-order valence-corrected chi connectivity index (χ2v) is 5.46. The van der Waals surface area contributed by atoms with E-state index in [-0.39, 0.29) is 29.4 Å². The van der Waals surface area contributed by atoms with Gasteiger partial charge < -0.3 is 9.47 Å². The molecule has 0 unspecified atom stereocenters. The molecule has 2 atom stereocenters. The molecule has 0 heterocycles. The van der Waals surface area contributed by atoms with Gasteiger partial charge in [0.1, 0.15) is 6.10 Å². The molecule has 0 N–H and O–H groups in total. The van der Waals surface area contributed by atoms with Crippen LogP contribution in [-0.2, 0) is 19.1 Å². The Bertz CT molecular complexity index is 368. The Morgan fingerprint density at radius 3 is 2.44 bits per heavy atom. The Labute approximate surface area is 108 Å². The van der Waals surface area contributed by atoms with Gasteiger partial charge in [0.05, 0.1) is 6.61 Å². The van der Waals surface area contributed by atoms with Crippen LogP contribution in [-0.4, -0.2) is 24.6 Å². The first-order valence-corrected chi connectivity index (χ1v) is 6.22. The molecule has 0 fully saturated rings. The van der Waals surface area contributed by atoms with Crippen LogP contribution < -0.4 is 0 Å². The summed E-state index contributed by atoms with van der Waals surface area (Å²) in [6.45, 7) is 9.28. The molecule has 0 aromatic heterocycles. The first-order chi connectivity index (χ1) is 8.25. The van der Waals surface area contributed by atoms with Crippen LogP contribution in [0.15, 0.2) is 11.6 Å². The molecule has 0 aromatic carbocycles. The van der Waals surface area contributed by atoms with Crippen LogP contribution in [0.4, 0.5) is 0 Å². The number of carbonyl (C=O) groups excluding carboxylic acids is 2. The molecule has 4 heteroatoms. The second-order valence-electron chi connectivity index (χ2n) is 5.46. The van der Waals surface area contributed by atoms with E-state index in [1.54, 1.807) is 0 Å². The maximum atomic E-state index is 11.1. The lowest BCUT2D eigenvalue weighted by Crippen LogP contribution is -2.44. The summed E-state index contributed by atoms with van der Waals surface area (Å²) in [4.78, 5) is 22.1. The second kappa shape index (κ2) is 5.55. The maximum absolute atomic E-state index is 11.1. The number of esters is 2. The molecular formula is C14H22O4. The summed E-state index contributed by atoms with van der Waals surface area (Å²) < 4.78 is 10.5. The van der Waals surface area contributed by atoms with E-state index in [4.69, 9.17) is 9.47 Å².